The second-order valence-electron chi connectivity index (χ2n) is 19.0. The number of nitrogens with zero attached hydrogens (tertiary/aromatic N) is 12. The van der Waals surface area contributed by atoms with Gasteiger partial charge in [0, 0.05) is 185 Å². The van der Waals surface area contributed by atoms with Crippen LogP contribution in [-0.2, 0) is 26.9 Å². The number of methoxy groups -OCH3 is 2. The van der Waals surface area contributed by atoms with E-state index in [1.54, 1.807) is 25.6 Å². The second-order valence-corrected chi connectivity index (χ2v) is 19.0. The molecular weight excluding hydrogens is 988 g/mol. The Hall–Kier alpha value is -7.95. The molecule has 0 amide bonds. The first-order chi connectivity index (χ1) is 37.2. The molecule has 0 radical (unpaired) electrons. The maximum Gasteiger partial charge on any atom is 0.311 e. The molecule has 0 aliphatic carbocycles. The van der Waals surface area contributed by atoms with Gasteiger partial charge in [0.2, 0.25) is 11.6 Å². The third-order valence-electron chi connectivity index (χ3n) is 13.8. The number of fused-ring (bicyclic) bond motifs is 2. The summed E-state index contributed by atoms with van der Waals surface area (Å²) < 4.78 is 34.7. The van der Waals surface area contributed by atoms with Crippen LogP contribution >= 0.6 is 0 Å². The van der Waals surface area contributed by atoms with Crippen LogP contribution in [0.1, 0.15) is 22.8 Å². The number of aromatic nitrogens is 6. The van der Waals surface area contributed by atoms with Gasteiger partial charge in [-0.3, -0.25) is 30.0 Å². The highest BCUT2D eigenvalue weighted by atomic mass is 19.1. The van der Waals surface area contributed by atoms with Crippen molar-refractivity contribution < 1.29 is 33.6 Å². The Morgan fingerprint density at radius 2 is 1.05 bits per heavy atom. The highest BCUT2D eigenvalue weighted by Crippen LogP contribution is 2.37. The van der Waals surface area contributed by atoms with Crippen LogP contribution < -0.4 is 14.2 Å². The highest BCUT2D eigenvalue weighted by Gasteiger charge is 2.24. The molecule has 2 fully saturated rings. The van der Waals surface area contributed by atoms with E-state index in [1.165, 1.54) is 19.2 Å². The lowest BCUT2D eigenvalue weighted by atomic mass is 10.1. The molecule has 1 N–H and O–H groups in total. The average molecular weight is 1050 g/mol. The fourth-order valence-corrected chi connectivity index (χ4v) is 9.50. The number of β-amino-alcohol motifs (C(OH)–C–C–N with tert-alkyl or cyclic N) is 1. The minimum Gasteiger partial charge on any atom is -0.496 e. The van der Waals surface area contributed by atoms with Crippen molar-refractivity contribution in [3.63, 3.8) is 0 Å². The highest BCUT2D eigenvalue weighted by molar-refractivity contribution is 5.96. The molecule has 77 heavy (non-hydrogen) atoms. The van der Waals surface area contributed by atoms with Gasteiger partial charge in [-0.15, -0.1) is 0 Å². The lowest BCUT2D eigenvalue weighted by molar-refractivity contribution is -0.387. The molecule has 0 unspecified atom stereocenters. The number of para-hydroxylation sites is 2. The molecule has 2 aliphatic rings. The smallest absolute Gasteiger partial charge is 0.311 e. The number of hydrogen-bond acceptors (Lipinski definition) is 16. The van der Waals surface area contributed by atoms with Gasteiger partial charge in [0.25, 0.3) is 0 Å². The van der Waals surface area contributed by atoms with Crippen LogP contribution in [0.2, 0.25) is 0 Å². The van der Waals surface area contributed by atoms with E-state index in [9.17, 15) is 24.6 Å². The summed E-state index contributed by atoms with van der Waals surface area (Å²) in [6.45, 7) is 10.6. The monoisotopic (exact) mass is 1050 g/mol. The van der Waals surface area contributed by atoms with E-state index in [2.05, 4.69) is 71.5 Å². The quantitative estimate of drug-likeness (QED) is 0.0745. The van der Waals surface area contributed by atoms with Crippen molar-refractivity contribution in [1.82, 2.24) is 48.7 Å². The van der Waals surface area contributed by atoms with Gasteiger partial charge >= 0.3 is 11.4 Å². The van der Waals surface area contributed by atoms with Crippen LogP contribution in [-0.4, -0.2) is 171 Å². The van der Waals surface area contributed by atoms with Crippen LogP contribution in [0.4, 0.5) is 15.8 Å². The molecule has 2 saturated heterocycles. The molecule has 4 aromatic carbocycles. The summed E-state index contributed by atoms with van der Waals surface area (Å²) in [7, 11) is 11.2. The van der Waals surface area contributed by atoms with E-state index in [0.717, 1.165) is 109 Å². The summed E-state index contributed by atoms with van der Waals surface area (Å²) >= 11 is 0. The Morgan fingerprint density at radius 1 is 0.597 bits per heavy atom. The molecule has 0 spiro atoms. The third-order valence-corrected chi connectivity index (χ3v) is 13.8. The Balaban J connectivity index is 0.000000177. The molecule has 2 aliphatic heterocycles. The number of rotatable bonds is 16. The van der Waals surface area contributed by atoms with E-state index in [4.69, 9.17) is 24.3 Å². The lowest BCUT2D eigenvalue weighted by Gasteiger charge is -2.32. The third kappa shape index (κ3) is 13.7. The first-order valence-corrected chi connectivity index (χ1v) is 25.4. The Kier molecular flexibility index (Phi) is 18.5. The minimum atomic E-state index is -0.943. The number of benzene rings is 4. The van der Waals surface area contributed by atoms with Crippen LogP contribution in [0, 0.1) is 26.0 Å². The Labute approximate surface area is 446 Å². The summed E-state index contributed by atoms with van der Waals surface area (Å²) in [5.74, 6) is 0.981. The van der Waals surface area contributed by atoms with Gasteiger partial charge in [-0.05, 0) is 38.4 Å². The van der Waals surface area contributed by atoms with Crippen molar-refractivity contribution in [3.05, 3.63) is 159 Å². The van der Waals surface area contributed by atoms with Crippen molar-refractivity contribution in [2.75, 3.05) is 107 Å². The van der Waals surface area contributed by atoms with Crippen molar-refractivity contribution in [3.8, 4) is 39.8 Å². The lowest BCUT2D eigenvalue weighted by Crippen LogP contribution is -2.45. The first-order valence-electron chi connectivity index (χ1n) is 25.4. The number of ether oxygens (including phenoxy) is 3. The molecule has 10 rings (SSSR count). The number of aliphatic hydroxyl groups excluding tert-OH is 1. The van der Waals surface area contributed by atoms with Crippen molar-refractivity contribution in [2.45, 2.75) is 12.8 Å². The van der Waals surface area contributed by atoms with Gasteiger partial charge in [-0.25, -0.2) is 19.9 Å². The number of halogens is 1. The first kappa shape index (κ1) is 55.3. The fraction of sp³-hybridized carbons (Fsp3) is 0.357. The zero-order valence-corrected chi connectivity index (χ0v) is 44.3. The SMILES string of the molecule is CN1CCN(CCO)CC1.COc1cc(F)c([N+](=O)[O-])cc1Cc1nccc(-c2cn(C)c3ccccc23)n1.COc1cc(OCCN2CCN(C)CC2)c([N+](=O)[O-])cc1Cc1nccc(-c2cn(C)c3ccccc23)n1. The van der Waals surface area contributed by atoms with E-state index in [-0.39, 0.29) is 30.0 Å². The zero-order chi connectivity index (χ0) is 54.6. The van der Waals surface area contributed by atoms with Gasteiger partial charge < -0.3 is 38.3 Å². The summed E-state index contributed by atoms with van der Waals surface area (Å²) in [5, 5.41) is 33.8. The largest absolute Gasteiger partial charge is 0.496 e. The molecular formula is C56H65FN12O8. The topological polar surface area (TPSA) is 209 Å². The van der Waals surface area contributed by atoms with Crippen molar-refractivity contribution >= 4 is 33.2 Å². The molecule has 8 aromatic rings. The summed E-state index contributed by atoms with van der Waals surface area (Å²) in [5.41, 5.74) is 6.07. The predicted molar refractivity (Wildman–Crippen MR) is 293 cm³/mol. The number of nitro benzene ring substituents is 2. The number of piperazine rings is 2. The molecule has 0 atom stereocenters. The molecule has 0 bridgehead atoms. The number of likely N-dealkylation sites (N-methyl/N-ethyl adjacent to an activating group) is 2. The van der Waals surface area contributed by atoms with Gasteiger partial charge in [-0.2, -0.15) is 4.39 Å². The van der Waals surface area contributed by atoms with Gasteiger partial charge in [0.1, 0.15) is 29.8 Å². The predicted octanol–water partition coefficient (Wildman–Crippen LogP) is 7.28. The number of aliphatic hydroxyl groups is 1. The van der Waals surface area contributed by atoms with Gasteiger partial charge in [0.05, 0.1) is 42.1 Å². The zero-order valence-electron chi connectivity index (χ0n) is 44.3. The number of hydrogen-bond donors (Lipinski definition) is 1. The van der Waals surface area contributed by atoms with Crippen molar-refractivity contribution in [2.24, 2.45) is 14.1 Å². The summed E-state index contributed by atoms with van der Waals surface area (Å²) in [4.78, 5) is 49.2. The van der Waals surface area contributed by atoms with E-state index in [0.29, 0.717) is 48.3 Å². The average Bonchev–Trinajstić information content (AvgIpc) is 3.99. The number of aryl methyl sites for hydroxylation is 2. The maximum absolute atomic E-state index is 13.9. The molecule has 404 valence electrons. The van der Waals surface area contributed by atoms with Gasteiger partial charge in [0.15, 0.2) is 0 Å². The van der Waals surface area contributed by atoms with E-state index >= 15 is 0 Å². The molecule has 20 nitrogen and oxygen atoms in total. The molecule has 6 heterocycles. The standard InChI is InChI=1S/C28H32N6O4.C21H17FN4O3.C7H16N2O/c1-31-10-12-33(13-11-31)14-15-38-27-18-26(37-3)20(16-25(27)34(35)36)17-28-29-9-8-23(30-28)22-19-32(2)24-7-5-4-6-21(22)24;1-25-12-15(14-5-3-4-6-18(14)25)17-7-8-23-21(24-17)10-13-9-19(26(27)28)16(22)11-20(13)29-2;1-8-2-4-9(5-3-8)6-7-10/h4-9,16,18-19H,10-15,17H2,1-3H3;3-9,11-12H,10H2,1-2H3;10H,2-7H2,1H3. The number of nitro groups is 2. The summed E-state index contributed by atoms with van der Waals surface area (Å²) in [6.07, 6.45) is 7.86. The maximum atomic E-state index is 13.9. The fourth-order valence-electron chi connectivity index (χ4n) is 9.50. The molecule has 21 heteroatoms. The molecule has 4 aromatic heterocycles. The van der Waals surface area contributed by atoms with E-state index < -0.39 is 21.4 Å². The van der Waals surface area contributed by atoms with Crippen molar-refractivity contribution in [1.29, 1.82) is 0 Å². The van der Waals surface area contributed by atoms with E-state index in [1.807, 2.05) is 73.4 Å². The van der Waals surface area contributed by atoms with Crippen LogP contribution in [0.15, 0.2) is 110 Å². The van der Waals surface area contributed by atoms with Gasteiger partial charge in [-0.1, -0.05) is 36.4 Å². The van der Waals surface area contributed by atoms with Crippen LogP contribution in [0.5, 0.6) is 17.2 Å². The Bertz CT molecular complexity index is 3320. The van der Waals surface area contributed by atoms with Crippen LogP contribution in [0.3, 0.4) is 0 Å². The normalized spacial score (nSPS) is 14.4. The second kappa shape index (κ2) is 25.7. The molecule has 0 saturated carbocycles. The Morgan fingerprint density at radius 3 is 1.52 bits per heavy atom. The van der Waals surface area contributed by atoms with Crippen LogP contribution in [0.25, 0.3) is 44.3 Å². The summed E-state index contributed by atoms with van der Waals surface area (Å²) in [6, 6.07) is 25.2. The minimum absolute atomic E-state index is 0.0932.